The minimum absolute atomic E-state index is 0.0880. The number of esters is 1. The van der Waals surface area contributed by atoms with Crippen LogP contribution in [-0.2, 0) is 4.79 Å². The summed E-state index contributed by atoms with van der Waals surface area (Å²) < 4.78 is 10.8. The van der Waals surface area contributed by atoms with E-state index in [1.807, 2.05) is 54.6 Å². The zero-order chi connectivity index (χ0) is 15.6. The van der Waals surface area contributed by atoms with Gasteiger partial charge in [0.15, 0.2) is 0 Å². The normalized spacial score (nSPS) is 19.3. The van der Waals surface area contributed by atoms with Crippen LogP contribution < -0.4 is 4.74 Å². The standard InChI is InChI=1S/C20H16O3/c21-20(18-13-17(18)19-7-4-12-22-19)23-16-10-8-15(9-11-16)14-5-2-1-3-6-14/h1-12,17-18H,13H2/t17-,18-/m1/s1. The fourth-order valence-corrected chi connectivity index (χ4v) is 2.81. The molecule has 1 aliphatic rings. The van der Waals surface area contributed by atoms with Gasteiger partial charge in [-0.15, -0.1) is 0 Å². The van der Waals surface area contributed by atoms with Crippen LogP contribution in [0.25, 0.3) is 11.1 Å². The Morgan fingerprint density at radius 3 is 2.35 bits per heavy atom. The summed E-state index contributed by atoms with van der Waals surface area (Å²) in [5.41, 5.74) is 2.25. The van der Waals surface area contributed by atoms with E-state index in [0.717, 1.165) is 23.3 Å². The predicted molar refractivity (Wildman–Crippen MR) is 87.1 cm³/mol. The monoisotopic (exact) mass is 304 g/mol. The zero-order valence-electron chi connectivity index (χ0n) is 12.5. The smallest absolute Gasteiger partial charge is 0.315 e. The van der Waals surface area contributed by atoms with Gasteiger partial charge in [-0.05, 0) is 41.8 Å². The molecule has 1 heterocycles. The summed E-state index contributed by atoms with van der Waals surface area (Å²) in [6.45, 7) is 0. The number of furan rings is 1. The number of carbonyl (C=O) groups is 1. The molecule has 2 aromatic carbocycles. The molecule has 2 atom stereocenters. The van der Waals surface area contributed by atoms with Crippen LogP contribution in [0.4, 0.5) is 0 Å². The molecule has 3 nitrogen and oxygen atoms in total. The van der Waals surface area contributed by atoms with Gasteiger partial charge in [-0.3, -0.25) is 4.79 Å². The summed E-state index contributed by atoms with van der Waals surface area (Å²) in [5, 5.41) is 0. The van der Waals surface area contributed by atoms with Crippen molar-refractivity contribution in [3.63, 3.8) is 0 Å². The summed E-state index contributed by atoms with van der Waals surface area (Å²) in [6, 6.07) is 21.5. The van der Waals surface area contributed by atoms with E-state index < -0.39 is 0 Å². The van der Waals surface area contributed by atoms with E-state index >= 15 is 0 Å². The molecule has 1 fully saturated rings. The van der Waals surface area contributed by atoms with Gasteiger partial charge in [-0.2, -0.15) is 0 Å². The van der Waals surface area contributed by atoms with Gasteiger partial charge < -0.3 is 9.15 Å². The van der Waals surface area contributed by atoms with Gasteiger partial charge in [0.1, 0.15) is 11.5 Å². The Bertz CT molecular complexity index is 789. The number of hydrogen-bond acceptors (Lipinski definition) is 3. The Hall–Kier alpha value is -2.81. The van der Waals surface area contributed by atoms with Gasteiger partial charge in [-0.25, -0.2) is 0 Å². The van der Waals surface area contributed by atoms with Crippen molar-refractivity contribution in [1.29, 1.82) is 0 Å². The third-order valence-corrected chi connectivity index (χ3v) is 4.18. The van der Waals surface area contributed by atoms with Gasteiger partial charge in [0.2, 0.25) is 0 Å². The highest BCUT2D eigenvalue weighted by Gasteiger charge is 2.47. The van der Waals surface area contributed by atoms with Gasteiger partial charge in [0.05, 0.1) is 12.2 Å². The molecule has 3 aromatic rings. The lowest BCUT2D eigenvalue weighted by Gasteiger charge is -2.06. The van der Waals surface area contributed by atoms with Crippen LogP contribution in [0.5, 0.6) is 5.75 Å². The van der Waals surface area contributed by atoms with Crippen molar-refractivity contribution in [2.75, 3.05) is 0 Å². The summed E-state index contributed by atoms with van der Waals surface area (Å²) in [7, 11) is 0. The van der Waals surface area contributed by atoms with Crippen molar-refractivity contribution in [1.82, 2.24) is 0 Å². The number of ether oxygens (including phenoxy) is 1. The van der Waals surface area contributed by atoms with Crippen LogP contribution in [-0.4, -0.2) is 5.97 Å². The Labute approximate surface area is 134 Å². The SMILES string of the molecule is O=C(Oc1ccc(-c2ccccc2)cc1)[C@@H]1C[C@H]1c1ccco1. The average Bonchev–Trinajstić information content (AvgIpc) is 3.22. The topological polar surface area (TPSA) is 39.4 Å². The molecule has 0 saturated heterocycles. The van der Waals surface area contributed by atoms with Gasteiger partial charge in [0, 0.05) is 5.92 Å². The molecule has 0 amide bonds. The first-order valence-corrected chi connectivity index (χ1v) is 7.72. The minimum Gasteiger partial charge on any atom is -0.469 e. The van der Waals surface area contributed by atoms with E-state index in [1.54, 1.807) is 6.26 Å². The third kappa shape index (κ3) is 2.90. The molecule has 1 saturated carbocycles. The van der Waals surface area contributed by atoms with Crippen LogP contribution >= 0.6 is 0 Å². The summed E-state index contributed by atoms with van der Waals surface area (Å²) in [6.07, 6.45) is 2.44. The summed E-state index contributed by atoms with van der Waals surface area (Å²) in [4.78, 5) is 12.2. The van der Waals surface area contributed by atoms with E-state index in [2.05, 4.69) is 12.1 Å². The van der Waals surface area contributed by atoms with Crippen molar-refractivity contribution in [3.8, 4) is 16.9 Å². The molecule has 0 aliphatic heterocycles. The molecule has 0 bridgehead atoms. The van der Waals surface area contributed by atoms with Crippen molar-refractivity contribution >= 4 is 5.97 Å². The maximum atomic E-state index is 12.2. The zero-order valence-corrected chi connectivity index (χ0v) is 12.5. The van der Waals surface area contributed by atoms with Crippen molar-refractivity contribution < 1.29 is 13.9 Å². The molecule has 4 rings (SSSR count). The molecule has 1 aromatic heterocycles. The third-order valence-electron chi connectivity index (χ3n) is 4.18. The lowest BCUT2D eigenvalue weighted by Crippen LogP contribution is -2.11. The first kappa shape index (κ1) is 13.8. The van der Waals surface area contributed by atoms with Crippen LogP contribution in [0.15, 0.2) is 77.4 Å². The molecular formula is C20H16O3. The molecule has 114 valence electrons. The molecule has 0 unspecified atom stereocenters. The molecule has 23 heavy (non-hydrogen) atoms. The average molecular weight is 304 g/mol. The van der Waals surface area contributed by atoms with Crippen LogP contribution in [0.1, 0.15) is 18.1 Å². The maximum absolute atomic E-state index is 12.2. The second-order valence-electron chi connectivity index (χ2n) is 5.78. The van der Waals surface area contributed by atoms with Crippen LogP contribution in [0.3, 0.4) is 0 Å². The molecular weight excluding hydrogens is 288 g/mol. The number of rotatable bonds is 4. The van der Waals surface area contributed by atoms with E-state index in [1.165, 1.54) is 0 Å². The summed E-state index contributed by atoms with van der Waals surface area (Å²) in [5.74, 6) is 1.35. The van der Waals surface area contributed by atoms with Crippen molar-refractivity contribution in [3.05, 3.63) is 78.8 Å². The first-order valence-electron chi connectivity index (χ1n) is 7.72. The van der Waals surface area contributed by atoms with Gasteiger partial charge >= 0.3 is 5.97 Å². The van der Waals surface area contributed by atoms with E-state index in [0.29, 0.717) is 5.75 Å². The molecule has 3 heteroatoms. The summed E-state index contributed by atoms with van der Waals surface area (Å²) >= 11 is 0. The fraction of sp³-hybridized carbons (Fsp3) is 0.150. The molecule has 0 radical (unpaired) electrons. The molecule has 0 N–H and O–H groups in total. The number of hydrogen-bond donors (Lipinski definition) is 0. The van der Waals surface area contributed by atoms with Crippen molar-refractivity contribution in [2.45, 2.75) is 12.3 Å². The Morgan fingerprint density at radius 2 is 1.65 bits per heavy atom. The Balaban J connectivity index is 1.41. The first-order chi connectivity index (χ1) is 11.3. The highest BCUT2D eigenvalue weighted by Crippen LogP contribution is 2.48. The number of benzene rings is 2. The Kier molecular flexibility index (Phi) is 3.46. The highest BCUT2D eigenvalue weighted by atomic mass is 16.5. The van der Waals surface area contributed by atoms with E-state index in [-0.39, 0.29) is 17.8 Å². The largest absolute Gasteiger partial charge is 0.469 e. The second-order valence-corrected chi connectivity index (χ2v) is 5.78. The van der Waals surface area contributed by atoms with E-state index in [4.69, 9.17) is 9.15 Å². The number of carbonyl (C=O) groups excluding carboxylic acids is 1. The highest BCUT2D eigenvalue weighted by molar-refractivity contribution is 5.79. The van der Waals surface area contributed by atoms with Crippen LogP contribution in [0, 0.1) is 5.92 Å². The van der Waals surface area contributed by atoms with E-state index in [9.17, 15) is 4.79 Å². The molecule has 1 aliphatic carbocycles. The van der Waals surface area contributed by atoms with Crippen molar-refractivity contribution in [2.24, 2.45) is 5.92 Å². The fourth-order valence-electron chi connectivity index (χ4n) is 2.81. The lowest BCUT2D eigenvalue weighted by atomic mass is 10.1. The lowest BCUT2D eigenvalue weighted by molar-refractivity contribution is -0.135. The van der Waals surface area contributed by atoms with Gasteiger partial charge in [-0.1, -0.05) is 42.5 Å². The van der Waals surface area contributed by atoms with Gasteiger partial charge in [0.25, 0.3) is 0 Å². The molecule has 0 spiro atoms. The maximum Gasteiger partial charge on any atom is 0.315 e. The quantitative estimate of drug-likeness (QED) is 0.520. The predicted octanol–water partition coefficient (Wildman–Crippen LogP) is 4.66. The Morgan fingerprint density at radius 1 is 0.913 bits per heavy atom. The minimum atomic E-state index is -0.182. The van der Waals surface area contributed by atoms with Crippen LogP contribution in [0.2, 0.25) is 0 Å². The second kappa shape index (κ2) is 5.76.